The van der Waals surface area contributed by atoms with E-state index < -0.39 is 11.4 Å². The van der Waals surface area contributed by atoms with Crippen LogP contribution in [0.1, 0.15) is 26.7 Å². The quantitative estimate of drug-likeness (QED) is 0.674. The third kappa shape index (κ3) is 4.66. The number of benzene rings is 1. The normalized spacial score (nSPS) is 11.2. The summed E-state index contributed by atoms with van der Waals surface area (Å²) in [6.45, 7) is 3.90. The van der Waals surface area contributed by atoms with Crippen LogP contribution in [0.5, 0.6) is 11.5 Å². The second kappa shape index (κ2) is 7.31. The summed E-state index contributed by atoms with van der Waals surface area (Å²) < 4.78 is 12.5. The van der Waals surface area contributed by atoms with Gasteiger partial charge in [-0.3, -0.25) is 4.79 Å². The monoisotopic (exact) mass is 408 g/mol. The summed E-state index contributed by atoms with van der Waals surface area (Å²) in [7, 11) is 1.60. The number of carbonyl (C=O) groups is 1. The standard InChI is InChI=1S/C14H18Br2O4/c1-14(2,13(17)18)5-4-6-20-12-8-9(15)11(19-3)7-10(12)16/h7-8H,4-6H2,1-3H3,(H,17,18). The van der Waals surface area contributed by atoms with Crippen molar-refractivity contribution in [2.75, 3.05) is 13.7 Å². The van der Waals surface area contributed by atoms with E-state index in [4.69, 9.17) is 14.6 Å². The minimum absolute atomic E-state index is 0.466. The fourth-order valence-corrected chi connectivity index (χ4v) is 2.50. The van der Waals surface area contributed by atoms with Crippen molar-refractivity contribution in [2.24, 2.45) is 5.41 Å². The molecule has 1 N–H and O–H groups in total. The number of carboxylic acids is 1. The number of halogens is 2. The van der Waals surface area contributed by atoms with Gasteiger partial charge in [0.05, 0.1) is 28.1 Å². The molecule has 0 aromatic heterocycles. The molecule has 0 amide bonds. The molecule has 0 unspecified atom stereocenters. The molecule has 0 aliphatic rings. The van der Waals surface area contributed by atoms with Gasteiger partial charge in [-0.05, 0) is 70.7 Å². The van der Waals surface area contributed by atoms with Crippen LogP contribution in [0.15, 0.2) is 21.1 Å². The van der Waals surface area contributed by atoms with E-state index in [1.165, 1.54) is 0 Å². The molecule has 1 aromatic carbocycles. The van der Waals surface area contributed by atoms with E-state index in [1.807, 2.05) is 12.1 Å². The molecule has 0 spiro atoms. The van der Waals surface area contributed by atoms with Crippen molar-refractivity contribution < 1.29 is 19.4 Å². The van der Waals surface area contributed by atoms with E-state index in [1.54, 1.807) is 21.0 Å². The second-order valence-electron chi connectivity index (χ2n) is 5.06. The van der Waals surface area contributed by atoms with Crippen molar-refractivity contribution >= 4 is 37.8 Å². The highest BCUT2D eigenvalue weighted by Gasteiger charge is 2.26. The first-order valence-electron chi connectivity index (χ1n) is 6.17. The lowest BCUT2D eigenvalue weighted by Gasteiger charge is -2.19. The third-order valence-electron chi connectivity index (χ3n) is 2.99. The molecule has 0 heterocycles. The molecule has 20 heavy (non-hydrogen) atoms. The highest BCUT2D eigenvalue weighted by Crippen LogP contribution is 2.36. The Morgan fingerprint density at radius 3 is 2.35 bits per heavy atom. The Morgan fingerprint density at radius 2 is 1.80 bits per heavy atom. The summed E-state index contributed by atoms with van der Waals surface area (Å²) in [5, 5.41) is 9.03. The van der Waals surface area contributed by atoms with E-state index in [0.717, 1.165) is 14.7 Å². The second-order valence-corrected chi connectivity index (χ2v) is 6.77. The molecule has 0 saturated heterocycles. The Kier molecular flexibility index (Phi) is 6.33. The molecule has 0 aliphatic carbocycles. The SMILES string of the molecule is COc1cc(Br)c(OCCCC(C)(C)C(=O)O)cc1Br. The van der Waals surface area contributed by atoms with E-state index >= 15 is 0 Å². The predicted octanol–water partition coefficient (Wildman–Crippen LogP) is 4.49. The van der Waals surface area contributed by atoms with Gasteiger partial charge in [0.15, 0.2) is 0 Å². The molecule has 1 aromatic rings. The Hall–Kier alpha value is -0.750. The zero-order valence-electron chi connectivity index (χ0n) is 11.7. The molecule has 112 valence electrons. The smallest absolute Gasteiger partial charge is 0.309 e. The summed E-state index contributed by atoms with van der Waals surface area (Å²) in [6, 6.07) is 3.64. The average Bonchev–Trinajstić information content (AvgIpc) is 2.37. The minimum Gasteiger partial charge on any atom is -0.496 e. The van der Waals surface area contributed by atoms with Gasteiger partial charge in [-0.1, -0.05) is 0 Å². The predicted molar refractivity (Wildman–Crippen MR) is 84.5 cm³/mol. The zero-order valence-corrected chi connectivity index (χ0v) is 14.9. The Labute approximate surface area is 135 Å². The summed E-state index contributed by atoms with van der Waals surface area (Å²) >= 11 is 6.81. The number of hydrogen-bond acceptors (Lipinski definition) is 3. The zero-order chi connectivity index (χ0) is 15.3. The van der Waals surface area contributed by atoms with Crippen LogP contribution in [0.4, 0.5) is 0 Å². The highest BCUT2D eigenvalue weighted by atomic mass is 79.9. The van der Waals surface area contributed by atoms with Gasteiger partial charge in [-0.2, -0.15) is 0 Å². The average molecular weight is 410 g/mol. The number of hydrogen-bond donors (Lipinski definition) is 1. The number of ether oxygens (including phenoxy) is 2. The molecule has 1 rings (SSSR count). The molecular weight excluding hydrogens is 392 g/mol. The topological polar surface area (TPSA) is 55.8 Å². The lowest BCUT2D eigenvalue weighted by atomic mass is 9.88. The minimum atomic E-state index is -0.786. The van der Waals surface area contributed by atoms with Crippen LogP contribution in [-0.2, 0) is 4.79 Å². The summed E-state index contributed by atoms with van der Waals surface area (Å²) in [4.78, 5) is 11.0. The number of rotatable bonds is 7. The first-order chi connectivity index (χ1) is 9.27. The number of methoxy groups -OCH3 is 1. The van der Waals surface area contributed by atoms with Gasteiger partial charge in [0.1, 0.15) is 11.5 Å². The lowest BCUT2D eigenvalue weighted by molar-refractivity contribution is -0.147. The van der Waals surface area contributed by atoms with E-state index in [0.29, 0.717) is 25.2 Å². The van der Waals surface area contributed by atoms with Crippen LogP contribution in [0.3, 0.4) is 0 Å². The van der Waals surface area contributed by atoms with Gasteiger partial charge in [-0.15, -0.1) is 0 Å². The first-order valence-corrected chi connectivity index (χ1v) is 7.76. The maximum atomic E-state index is 11.0. The Bertz CT molecular complexity index is 486. The van der Waals surface area contributed by atoms with Gasteiger partial charge < -0.3 is 14.6 Å². The maximum Gasteiger partial charge on any atom is 0.309 e. The molecule has 0 saturated carbocycles. The molecule has 0 atom stereocenters. The fourth-order valence-electron chi connectivity index (χ4n) is 1.58. The van der Waals surface area contributed by atoms with Crippen molar-refractivity contribution in [1.82, 2.24) is 0 Å². The first kappa shape index (κ1) is 17.3. The van der Waals surface area contributed by atoms with Crippen LogP contribution in [0.2, 0.25) is 0 Å². The molecule has 0 radical (unpaired) electrons. The Morgan fingerprint density at radius 1 is 1.25 bits per heavy atom. The van der Waals surface area contributed by atoms with E-state index in [9.17, 15) is 4.79 Å². The summed E-state index contributed by atoms with van der Waals surface area (Å²) in [6.07, 6.45) is 1.24. The van der Waals surface area contributed by atoms with Gasteiger partial charge in [0, 0.05) is 0 Å². The van der Waals surface area contributed by atoms with Crippen LogP contribution < -0.4 is 9.47 Å². The van der Waals surface area contributed by atoms with Crippen molar-refractivity contribution in [3.8, 4) is 11.5 Å². The van der Waals surface area contributed by atoms with Crippen LogP contribution in [0.25, 0.3) is 0 Å². The van der Waals surface area contributed by atoms with Crippen LogP contribution >= 0.6 is 31.9 Å². The molecule has 0 bridgehead atoms. The van der Waals surface area contributed by atoms with Crippen molar-refractivity contribution in [3.63, 3.8) is 0 Å². The molecule has 0 aliphatic heterocycles. The highest BCUT2D eigenvalue weighted by molar-refractivity contribution is 9.11. The summed E-state index contributed by atoms with van der Waals surface area (Å²) in [5.74, 6) is 0.632. The fraction of sp³-hybridized carbons (Fsp3) is 0.500. The van der Waals surface area contributed by atoms with Gasteiger partial charge in [0.25, 0.3) is 0 Å². The van der Waals surface area contributed by atoms with Crippen molar-refractivity contribution in [3.05, 3.63) is 21.1 Å². The third-order valence-corrected chi connectivity index (χ3v) is 4.23. The van der Waals surface area contributed by atoms with Crippen molar-refractivity contribution in [2.45, 2.75) is 26.7 Å². The van der Waals surface area contributed by atoms with Crippen molar-refractivity contribution in [1.29, 1.82) is 0 Å². The number of carboxylic acid groups (broad SMARTS) is 1. The maximum absolute atomic E-state index is 11.0. The molecule has 6 heteroatoms. The van der Waals surface area contributed by atoms with Crippen LogP contribution in [-0.4, -0.2) is 24.8 Å². The van der Waals surface area contributed by atoms with Gasteiger partial charge in [0.2, 0.25) is 0 Å². The van der Waals surface area contributed by atoms with Gasteiger partial charge in [-0.25, -0.2) is 0 Å². The Balaban J connectivity index is 2.55. The molecule has 0 fully saturated rings. The van der Waals surface area contributed by atoms with E-state index in [-0.39, 0.29) is 0 Å². The number of aliphatic carboxylic acids is 1. The van der Waals surface area contributed by atoms with Gasteiger partial charge >= 0.3 is 5.97 Å². The van der Waals surface area contributed by atoms with E-state index in [2.05, 4.69) is 31.9 Å². The largest absolute Gasteiger partial charge is 0.496 e. The molecular formula is C14H18Br2O4. The summed E-state index contributed by atoms with van der Waals surface area (Å²) in [5.41, 5.74) is -0.721. The van der Waals surface area contributed by atoms with Crippen LogP contribution in [0, 0.1) is 5.41 Å². The molecule has 4 nitrogen and oxygen atoms in total. The lowest BCUT2D eigenvalue weighted by Crippen LogP contribution is -2.24.